The zero-order chi connectivity index (χ0) is 32.1. The van der Waals surface area contributed by atoms with Crippen LogP contribution in [0.15, 0.2) is 84.9 Å². The zero-order valence-electron chi connectivity index (χ0n) is 29.1. The van der Waals surface area contributed by atoms with E-state index in [1.807, 2.05) is 42.5 Å². The fourth-order valence-electron chi connectivity index (χ4n) is 6.40. The first kappa shape index (κ1) is 38.0. The number of rotatable bonds is 6. The molecule has 0 radical (unpaired) electrons. The van der Waals surface area contributed by atoms with Crippen molar-refractivity contribution in [2.45, 2.75) is 111 Å². The minimum atomic E-state index is -0.840. The second-order valence-corrected chi connectivity index (χ2v) is 19.1. The molecule has 0 unspecified atom stereocenters. The van der Waals surface area contributed by atoms with Crippen molar-refractivity contribution in [2.75, 3.05) is 0 Å². The van der Waals surface area contributed by atoms with Gasteiger partial charge in [0.2, 0.25) is 0 Å². The molecule has 0 heterocycles. The van der Waals surface area contributed by atoms with E-state index < -0.39 is 7.92 Å². The molecule has 4 rings (SSSR count). The molecule has 0 bridgehead atoms. The third-order valence-corrected chi connectivity index (χ3v) is 12.0. The first-order valence-electron chi connectivity index (χ1n) is 16.0. The average molecular weight is 699 g/mol. The molecule has 4 aromatic rings. The molecule has 3 heteroatoms. The van der Waals surface area contributed by atoms with Crippen LogP contribution in [-0.4, -0.2) is 10.3 Å². The molecular formula is C41H55NPPd+. The molecule has 0 aliphatic carbocycles. The van der Waals surface area contributed by atoms with Crippen LogP contribution >= 0.6 is 7.92 Å². The Balaban J connectivity index is 0.000000400. The predicted molar refractivity (Wildman–Crippen MR) is 196 cm³/mol. The molecule has 0 aliphatic rings. The van der Waals surface area contributed by atoms with Gasteiger partial charge in [0, 0.05) is 13.5 Å². The first-order chi connectivity index (χ1) is 20.0. The predicted octanol–water partition coefficient (Wildman–Crippen LogP) is 13.0. The van der Waals surface area contributed by atoms with Crippen molar-refractivity contribution in [3.63, 3.8) is 0 Å². The second-order valence-electron chi connectivity index (χ2n) is 14.8. The number of nitrogens with one attached hydrogen (secondary N) is 1. The van der Waals surface area contributed by atoms with Crippen LogP contribution in [0.25, 0.3) is 28.0 Å². The van der Waals surface area contributed by atoms with E-state index >= 15 is 0 Å². The summed E-state index contributed by atoms with van der Waals surface area (Å²) < 4.78 is 0. The van der Waals surface area contributed by atoms with Gasteiger partial charge in [-0.2, -0.15) is 5.69 Å². The van der Waals surface area contributed by atoms with Crippen LogP contribution in [0.1, 0.15) is 118 Å². The summed E-state index contributed by atoms with van der Waals surface area (Å²) in [6, 6.07) is 32.7. The van der Waals surface area contributed by atoms with Crippen LogP contribution < -0.4 is 5.30 Å². The van der Waals surface area contributed by atoms with Gasteiger partial charge in [0.15, 0.2) is 0 Å². The Hall–Kier alpha value is -2.23. The van der Waals surface area contributed by atoms with Crippen molar-refractivity contribution in [1.82, 2.24) is 0 Å². The maximum Gasteiger partial charge on any atom is 2.00 e. The number of hydrogen-bond donors (Lipinski definition) is 0. The third-order valence-electron chi connectivity index (χ3n) is 8.02. The molecule has 0 saturated carbocycles. The molecule has 1 N–H and O–H groups in total. The topological polar surface area (TPSA) is 23.8 Å². The Morgan fingerprint density at radius 2 is 1.09 bits per heavy atom. The standard InChI is InChI=1S/C29H45P.C12H9N.Pd/c1-19(2)22-17-24(20(3)4)27(25(18-22)21(5)6)23-15-13-14-16-26(23)30(28(7,8)9)29(10,11)12;13-12-9-5-4-8-11(12)10-6-2-1-3-7-10;/h13-21H,1-12H3;1-6,8-9,13H;/q;-2;+2/p+1. The Labute approximate surface area is 284 Å². The molecule has 0 aromatic heterocycles. The largest absolute Gasteiger partial charge is 2.00 e. The molecule has 0 atom stereocenters. The van der Waals surface area contributed by atoms with Gasteiger partial charge in [-0.15, -0.1) is 41.5 Å². The molecule has 0 amide bonds. The Bertz CT molecular complexity index is 1430. The molecule has 0 saturated heterocycles. The number of benzene rings is 4. The summed E-state index contributed by atoms with van der Waals surface area (Å²) in [6.45, 7) is 28.7. The van der Waals surface area contributed by atoms with E-state index in [0.717, 1.165) is 11.1 Å². The van der Waals surface area contributed by atoms with E-state index in [9.17, 15) is 0 Å². The van der Waals surface area contributed by atoms with Crippen LogP contribution in [-0.2, 0) is 20.4 Å². The fourth-order valence-corrected chi connectivity index (χ4v) is 11.0. The SMILES string of the molecule is CC(C)c1cc(C(C)C)c(-c2ccccc2[PH+](C(C)(C)C)C(C)(C)C)c(C(C)C)c1.[NH-]c1ccccc1-c1[c-]cccc1.[Pd+2]. The molecular weight excluding hydrogens is 644 g/mol. The maximum absolute atomic E-state index is 7.69. The molecule has 0 aliphatic heterocycles. The van der Waals surface area contributed by atoms with Crippen LogP contribution in [0.4, 0.5) is 5.69 Å². The van der Waals surface area contributed by atoms with Crippen molar-refractivity contribution in [3.05, 3.63) is 113 Å². The van der Waals surface area contributed by atoms with Gasteiger partial charge in [0.05, 0.1) is 10.3 Å². The van der Waals surface area contributed by atoms with Gasteiger partial charge < -0.3 is 5.73 Å². The smallest absolute Gasteiger partial charge is 0.706 e. The summed E-state index contributed by atoms with van der Waals surface area (Å²) >= 11 is 0. The first-order valence-corrected chi connectivity index (χ1v) is 17.5. The summed E-state index contributed by atoms with van der Waals surface area (Å²) in [4.78, 5) is 0. The zero-order valence-corrected chi connectivity index (χ0v) is 31.7. The molecule has 1 nitrogen and oxygen atoms in total. The molecule has 4 aromatic carbocycles. The van der Waals surface area contributed by atoms with Gasteiger partial charge in [-0.3, -0.25) is 0 Å². The van der Waals surface area contributed by atoms with Crippen LogP contribution in [0.5, 0.6) is 0 Å². The van der Waals surface area contributed by atoms with Gasteiger partial charge in [-0.25, -0.2) is 0 Å². The summed E-state index contributed by atoms with van der Waals surface area (Å²) in [7, 11) is -0.840. The molecule has 0 fully saturated rings. The van der Waals surface area contributed by atoms with Crippen molar-refractivity contribution >= 4 is 18.9 Å². The normalized spacial score (nSPS) is 11.9. The van der Waals surface area contributed by atoms with Gasteiger partial charge in [-0.05, 0) is 87.6 Å². The van der Waals surface area contributed by atoms with Gasteiger partial charge in [-0.1, -0.05) is 96.1 Å². The Morgan fingerprint density at radius 3 is 1.52 bits per heavy atom. The van der Waals surface area contributed by atoms with Crippen LogP contribution in [0, 0.1) is 6.07 Å². The van der Waals surface area contributed by atoms with Gasteiger partial charge in [0.1, 0.15) is 5.30 Å². The summed E-state index contributed by atoms with van der Waals surface area (Å²) in [6.07, 6.45) is 0. The summed E-state index contributed by atoms with van der Waals surface area (Å²) in [5, 5.41) is 2.17. The molecule has 238 valence electrons. The van der Waals surface area contributed by atoms with Crippen molar-refractivity contribution in [2.24, 2.45) is 0 Å². The Kier molecular flexibility index (Phi) is 13.7. The number of hydrogen-bond acceptors (Lipinski definition) is 0. The van der Waals surface area contributed by atoms with E-state index in [-0.39, 0.29) is 30.7 Å². The monoisotopic (exact) mass is 698 g/mol. The van der Waals surface area contributed by atoms with E-state index in [1.54, 1.807) is 11.4 Å². The van der Waals surface area contributed by atoms with E-state index in [0.29, 0.717) is 23.4 Å². The minimum Gasteiger partial charge on any atom is -0.706 e. The van der Waals surface area contributed by atoms with Crippen molar-refractivity contribution in [3.8, 4) is 22.3 Å². The van der Waals surface area contributed by atoms with Crippen molar-refractivity contribution in [1.29, 1.82) is 0 Å². The van der Waals surface area contributed by atoms with E-state index in [4.69, 9.17) is 5.73 Å². The van der Waals surface area contributed by atoms with Crippen molar-refractivity contribution < 1.29 is 20.4 Å². The summed E-state index contributed by atoms with van der Waals surface area (Å²) in [5.74, 6) is 1.56. The molecule has 0 spiro atoms. The van der Waals surface area contributed by atoms with Crippen LogP contribution in [0.3, 0.4) is 0 Å². The molecule has 44 heavy (non-hydrogen) atoms. The third kappa shape index (κ3) is 9.40. The minimum absolute atomic E-state index is 0. The van der Waals surface area contributed by atoms with Gasteiger partial charge in [0.25, 0.3) is 0 Å². The fraction of sp³-hybridized carbons (Fsp3) is 0.415. The van der Waals surface area contributed by atoms with E-state index in [2.05, 4.69) is 126 Å². The average Bonchev–Trinajstić information content (AvgIpc) is 2.92. The Morgan fingerprint density at radius 1 is 0.614 bits per heavy atom. The second kappa shape index (κ2) is 15.9. The quantitative estimate of drug-likeness (QED) is 0.109. The maximum atomic E-state index is 7.69. The van der Waals surface area contributed by atoms with Crippen LogP contribution in [0.2, 0.25) is 0 Å². The summed E-state index contributed by atoms with van der Waals surface area (Å²) in [5.41, 5.74) is 17.6. The van der Waals surface area contributed by atoms with E-state index in [1.165, 1.54) is 27.8 Å². The van der Waals surface area contributed by atoms with Gasteiger partial charge >= 0.3 is 20.4 Å².